The van der Waals surface area contributed by atoms with Gasteiger partial charge in [0.2, 0.25) is 0 Å². The molecule has 84 valence electrons. The van der Waals surface area contributed by atoms with Crippen molar-refractivity contribution in [3.8, 4) is 0 Å². The van der Waals surface area contributed by atoms with Crippen LogP contribution in [0.5, 0.6) is 0 Å². The summed E-state index contributed by atoms with van der Waals surface area (Å²) in [7, 11) is 0. The topological polar surface area (TPSA) is 43.1 Å². The molecular weight excluding hydrogens is 195 g/mol. The van der Waals surface area contributed by atoms with Crippen LogP contribution >= 0.6 is 0 Å². The van der Waals surface area contributed by atoms with Crippen LogP contribution in [-0.4, -0.2) is 18.5 Å². The Morgan fingerprint density at radius 2 is 2.00 bits per heavy atom. The lowest BCUT2D eigenvalue weighted by molar-refractivity contribution is -0.144. The van der Waals surface area contributed by atoms with Gasteiger partial charge in [-0.2, -0.15) is 13.2 Å². The average Bonchev–Trinajstić information content (AvgIpc) is 2.09. The molecule has 1 unspecified atom stereocenters. The highest BCUT2D eigenvalue weighted by molar-refractivity contribution is 5.81. The number of rotatable bonds is 6. The lowest BCUT2D eigenvalue weighted by atomic mass is 9.96. The number of carbonyl (C=O) groups is 1. The van der Waals surface area contributed by atoms with Crippen molar-refractivity contribution in [1.29, 1.82) is 0 Å². The molecule has 0 saturated heterocycles. The maximum absolute atomic E-state index is 11.8. The zero-order valence-electron chi connectivity index (χ0n) is 8.23. The molecule has 0 bridgehead atoms. The van der Waals surface area contributed by atoms with Crippen molar-refractivity contribution in [2.45, 2.75) is 38.8 Å². The highest BCUT2D eigenvalue weighted by atomic mass is 19.4. The number of carbonyl (C=O) groups excluding carboxylic acids is 1. The predicted molar refractivity (Wildman–Crippen MR) is 47.7 cm³/mol. The minimum Gasteiger partial charge on any atom is -0.330 e. The van der Waals surface area contributed by atoms with E-state index in [4.69, 9.17) is 5.73 Å². The zero-order chi connectivity index (χ0) is 11.2. The lowest BCUT2D eigenvalue weighted by Gasteiger charge is -2.12. The van der Waals surface area contributed by atoms with Gasteiger partial charge in [-0.15, -0.1) is 0 Å². The van der Waals surface area contributed by atoms with Crippen molar-refractivity contribution < 1.29 is 18.0 Å². The summed E-state index contributed by atoms with van der Waals surface area (Å²) >= 11 is 0. The molecule has 0 aliphatic heterocycles. The summed E-state index contributed by atoms with van der Waals surface area (Å²) in [5.74, 6) is -0.769. The molecular formula is C9H16F3NO. The number of hydrogen-bond acceptors (Lipinski definition) is 2. The SMILES string of the molecule is CCCC(CN)C(=O)CCC(F)(F)F. The molecule has 0 aliphatic rings. The third-order valence-electron chi connectivity index (χ3n) is 2.03. The molecule has 1 atom stereocenters. The Hall–Kier alpha value is -0.580. The molecule has 0 amide bonds. The van der Waals surface area contributed by atoms with Gasteiger partial charge in [0.05, 0.1) is 6.42 Å². The summed E-state index contributed by atoms with van der Waals surface area (Å²) in [6, 6.07) is 0. The van der Waals surface area contributed by atoms with E-state index in [0.29, 0.717) is 6.42 Å². The fourth-order valence-corrected chi connectivity index (χ4v) is 1.23. The fraction of sp³-hybridized carbons (Fsp3) is 0.889. The minimum atomic E-state index is -4.25. The second-order valence-electron chi connectivity index (χ2n) is 3.30. The van der Waals surface area contributed by atoms with Crippen molar-refractivity contribution in [1.82, 2.24) is 0 Å². The molecule has 0 aromatic heterocycles. The Morgan fingerprint density at radius 3 is 2.36 bits per heavy atom. The Balaban J connectivity index is 3.93. The van der Waals surface area contributed by atoms with Crippen LogP contribution in [0.15, 0.2) is 0 Å². The molecule has 0 radical (unpaired) electrons. The molecule has 0 fully saturated rings. The first-order valence-corrected chi connectivity index (χ1v) is 4.70. The standard InChI is InChI=1S/C9H16F3NO/c1-2-3-7(6-13)8(14)4-5-9(10,11)12/h7H,2-6,13H2,1H3. The van der Waals surface area contributed by atoms with Crippen molar-refractivity contribution in [3.05, 3.63) is 0 Å². The first-order valence-electron chi connectivity index (χ1n) is 4.70. The van der Waals surface area contributed by atoms with Crippen molar-refractivity contribution in [2.75, 3.05) is 6.54 Å². The quantitative estimate of drug-likeness (QED) is 0.732. The molecule has 2 N–H and O–H groups in total. The number of halogens is 3. The zero-order valence-corrected chi connectivity index (χ0v) is 8.23. The van der Waals surface area contributed by atoms with Gasteiger partial charge in [-0.05, 0) is 6.42 Å². The average molecular weight is 211 g/mol. The second kappa shape index (κ2) is 6.01. The van der Waals surface area contributed by atoms with E-state index in [2.05, 4.69) is 0 Å². The summed E-state index contributed by atoms with van der Waals surface area (Å²) in [5, 5.41) is 0. The van der Waals surface area contributed by atoms with E-state index in [1.54, 1.807) is 0 Å². The van der Waals surface area contributed by atoms with Gasteiger partial charge >= 0.3 is 6.18 Å². The van der Waals surface area contributed by atoms with Crippen LogP contribution in [0, 0.1) is 5.92 Å². The summed E-state index contributed by atoms with van der Waals surface area (Å²) in [6.07, 6.45) is -4.38. The van der Waals surface area contributed by atoms with Gasteiger partial charge in [-0.25, -0.2) is 0 Å². The van der Waals surface area contributed by atoms with E-state index in [-0.39, 0.29) is 12.3 Å². The first kappa shape index (κ1) is 13.4. The van der Waals surface area contributed by atoms with E-state index in [9.17, 15) is 18.0 Å². The molecule has 0 aliphatic carbocycles. The van der Waals surface area contributed by atoms with Crippen LogP contribution in [0.4, 0.5) is 13.2 Å². The summed E-state index contributed by atoms with van der Waals surface area (Å²) < 4.78 is 35.4. The van der Waals surface area contributed by atoms with Gasteiger partial charge in [-0.3, -0.25) is 4.79 Å². The van der Waals surface area contributed by atoms with E-state index in [0.717, 1.165) is 6.42 Å². The largest absolute Gasteiger partial charge is 0.389 e. The van der Waals surface area contributed by atoms with Crippen molar-refractivity contribution in [2.24, 2.45) is 11.7 Å². The van der Waals surface area contributed by atoms with E-state index < -0.39 is 24.9 Å². The maximum atomic E-state index is 11.8. The third-order valence-corrected chi connectivity index (χ3v) is 2.03. The van der Waals surface area contributed by atoms with Crippen molar-refractivity contribution >= 4 is 5.78 Å². The summed E-state index contributed by atoms with van der Waals surface area (Å²) in [4.78, 5) is 11.2. The molecule has 0 spiro atoms. The molecule has 0 aromatic rings. The highest BCUT2D eigenvalue weighted by Gasteiger charge is 2.29. The lowest BCUT2D eigenvalue weighted by Crippen LogP contribution is -2.24. The molecule has 5 heteroatoms. The Labute approximate surface area is 81.7 Å². The van der Waals surface area contributed by atoms with Gasteiger partial charge in [-0.1, -0.05) is 13.3 Å². The van der Waals surface area contributed by atoms with Crippen LogP contribution in [0.25, 0.3) is 0 Å². The molecule has 0 saturated carbocycles. The minimum absolute atomic E-state index is 0.143. The number of hydrogen-bond donors (Lipinski definition) is 1. The van der Waals surface area contributed by atoms with Crippen molar-refractivity contribution in [3.63, 3.8) is 0 Å². The number of alkyl halides is 3. The smallest absolute Gasteiger partial charge is 0.330 e. The van der Waals surface area contributed by atoms with Crippen LogP contribution in [0.1, 0.15) is 32.6 Å². The number of Topliss-reactive ketones (excluding diaryl/α,β-unsaturated/α-hetero) is 1. The molecule has 14 heavy (non-hydrogen) atoms. The third kappa shape index (κ3) is 5.96. The van der Waals surface area contributed by atoms with Gasteiger partial charge in [0.1, 0.15) is 5.78 Å². The molecule has 2 nitrogen and oxygen atoms in total. The van der Waals surface area contributed by atoms with E-state index >= 15 is 0 Å². The second-order valence-corrected chi connectivity index (χ2v) is 3.30. The van der Waals surface area contributed by atoms with Gasteiger partial charge in [0, 0.05) is 18.9 Å². The van der Waals surface area contributed by atoms with Crippen LogP contribution in [0.2, 0.25) is 0 Å². The Bertz CT molecular complexity index is 179. The van der Waals surface area contributed by atoms with Crippen LogP contribution in [0.3, 0.4) is 0 Å². The van der Waals surface area contributed by atoms with E-state index in [1.807, 2.05) is 6.92 Å². The summed E-state index contributed by atoms with van der Waals surface area (Å²) in [6.45, 7) is 2.02. The maximum Gasteiger partial charge on any atom is 0.389 e. The highest BCUT2D eigenvalue weighted by Crippen LogP contribution is 2.23. The van der Waals surface area contributed by atoms with Gasteiger partial charge < -0.3 is 5.73 Å². The summed E-state index contributed by atoms with van der Waals surface area (Å²) in [5.41, 5.74) is 5.30. The molecule has 0 heterocycles. The van der Waals surface area contributed by atoms with Crippen LogP contribution < -0.4 is 5.73 Å². The monoisotopic (exact) mass is 211 g/mol. The predicted octanol–water partition coefficient (Wildman–Crippen LogP) is 2.27. The van der Waals surface area contributed by atoms with E-state index in [1.165, 1.54) is 0 Å². The van der Waals surface area contributed by atoms with Gasteiger partial charge in [0.15, 0.2) is 0 Å². The Morgan fingerprint density at radius 1 is 1.43 bits per heavy atom. The number of ketones is 1. The Kier molecular flexibility index (Phi) is 5.76. The molecule has 0 rings (SSSR count). The van der Waals surface area contributed by atoms with Gasteiger partial charge in [0.25, 0.3) is 0 Å². The van der Waals surface area contributed by atoms with Crippen LogP contribution in [-0.2, 0) is 4.79 Å². The molecule has 0 aromatic carbocycles. The first-order chi connectivity index (χ1) is 6.40. The fourth-order valence-electron chi connectivity index (χ4n) is 1.23. The number of nitrogens with two attached hydrogens (primary N) is 1. The normalized spacial score (nSPS) is 14.1.